The molecule has 1 aromatic rings. The topological polar surface area (TPSA) is 72.2 Å². The Morgan fingerprint density at radius 3 is 2.26 bits per heavy atom. The molecule has 1 rings (SSSR count). The number of sulfonamides is 1. The van der Waals surface area contributed by atoms with Gasteiger partial charge in [-0.25, -0.2) is 13.1 Å². The molecule has 0 bridgehead atoms. The molecule has 108 valence electrons. The van der Waals surface area contributed by atoms with Crippen LogP contribution in [0.5, 0.6) is 0 Å². The Morgan fingerprint density at radius 1 is 1.16 bits per heavy atom. The Balaban J connectivity index is 2.60. The Morgan fingerprint density at radius 2 is 1.74 bits per heavy atom. The van der Waals surface area contributed by atoms with Crippen LogP contribution in [0.1, 0.15) is 38.7 Å². The van der Waals surface area contributed by atoms with E-state index in [9.17, 15) is 8.42 Å². The molecule has 0 spiro atoms. The second-order valence-corrected chi connectivity index (χ2v) is 7.12. The molecular weight excluding hydrogens is 260 g/mol. The highest BCUT2D eigenvalue weighted by atomic mass is 32.2. The summed E-state index contributed by atoms with van der Waals surface area (Å²) in [5.41, 5.74) is 6.70. The van der Waals surface area contributed by atoms with Crippen molar-refractivity contribution in [3.05, 3.63) is 35.9 Å². The third-order valence-corrected chi connectivity index (χ3v) is 4.64. The van der Waals surface area contributed by atoms with E-state index in [-0.39, 0.29) is 23.8 Å². The largest absolute Gasteiger partial charge is 0.328 e. The fourth-order valence-corrected chi connectivity index (χ4v) is 3.82. The van der Waals surface area contributed by atoms with E-state index in [2.05, 4.69) is 4.72 Å². The van der Waals surface area contributed by atoms with Crippen LogP contribution in [0.15, 0.2) is 30.3 Å². The molecule has 0 amide bonds. The van der Waals surface area contributed by atoms with Crippen LogP contribution in [-0.2, 0) is 10.0 Å². The van der Waals surface area contributed by atoms with Crippen molar-refractivity contribution in [2.45, 2.75) is 45.2 Å². The van der Waals surface area contributed by atoms with Crippen LogP contribution in [0, 0.1) is 0 Å². The molecule has 3 N–H and O–H groups in total. The van der Waals surface area contributed by atoms with Gasteiger partial charge in [0.05, 0.1) is 5.75 Å². The predicted octanol–water partition coefficient (Wildman–Crippen LogP) is 1.84. The van der Waals surface area contributed by atoms with E-state index in [0.717, 1.165) is 5.56 Å². The normalized spacial score (nSPS) is 16.8. The lowest BCUT2D eigenvalue weighted by atomic mass is 10.0. The summed E-state index contributed by atoms with van der Waals surface area (Å²) in [7, 11) is -3.28. The summed E-state index contributed by atoms with van der Waals surface area (Å²) in [5, 5.41) is 0. The quantitative estimate of drug-likeness (QED) is 0.802. The average Bonchev–Trinajstić information content (AvgIpc) is 2.27. The van der Waals surface area contributed by atoms with Gasteiger partial charge in [0, 0.05) is 12.1 Å². The van der Waals surface area contributed by atoms with Crippen LogP contribution in [0.3, 0.4) is 0 Å². The van der Waals surface area contributed by atoms with Gasteiger partial charge in [0.15, 0.2) is 0 Å². The summed E-state index contributed by atoms with van der Waals surface area (Å²) >= 11 is 0. The van der Waals surface area contributed by atoms with E-state index in [1.165, 1.54) is 0 Å². The maximum Gasteiger partial charge on any atom is 0.212 e. The van der Waals surface area contributed by atoms with Gasteiger partial charge in [-0.1, -0.05) is 37.3 Å². The van der Waals surface area contributed by atoms with Crippen molar-refractivity contribution in [1.29, 1.82) is 0 Å². The fourth-order valence-electron chi connectivity index (χ4n) is 2.17. The molecule has 1 aromatic carbocycles. The van der Waals surface area contributed by atoms with E-state index in [0.29, 0.717) is 6.42 Å². The second kappa shape index (κ2) is 7.03. The Labute approximate surface area is 116 Å². The summed E-state index contributed by atoms with van der Waals surface area (Å²) in [6.07, 6.45) is 0.638. The molecule has 0 aliphatic heterocycles. The van der Waals surface area contributed by atoms with E-state index in [4.69, 9.17) is 5.73 Å². The summed E-state index contributed by atoms with van der Waals surface area (Å²) in [5.74, 6) is 0.0709. The lowest BCUT2D eigenvalue weighted by molar-refractivity contribution is 0.517. The van der Waals surface area contributed by atoms with Gasteiger partial charge in [0.25, 0.3) is 0 Å². The van der Waals surface area contributed by atoms with Crippen molar-refractivity contribution in [2.75, 3.05) is 5.75 Å². The molecule has 0 aliphatic carbocycles. The first-order chi connectivity index (χ1) is 8.80. The fraction of sp³-hybridized carbons (Fsp3) is 0.571. The Bertz CT molecular complexity index is 471. The van der Waals surface area contributed by atoms with Gasteiger partial charge in [-0.3, -0.25) is 0 Å². The maximum absolute atomic E-state index is 12.1. The Kier molecular flexibility index (Phi) is 5.97. The van der Waals surface area contributed by atoms with Gasteiger partial charge in [0.2, 0.25) is 10.0 Å². The van der Waals surface area contributed by atoms with E-state index in [1.54, 1.807) is 0 Å². The molecule has 4 nitrogen and oxygen atoms in total. The highest BCUT2D eigenvalue weighted by Crippen LogP contribution is 2.16. The summed E-state index contributed by atoms with van der Waals surface area (Å²) in [6.45, 7) is 5.64. The molecule has 0 saturated heterocycles. The van der Waals surface area contributed by atoms with Gasteiger partial charge in [0.1, 0.15) is 0 Å². The van der Waals surface area contributed by atoms with E-state index in [1.807, 2.05) is 51.1 Å². The van der Waals surface area contributed by atoms with Gasteiger partial charge in [-0.15, -0.1) is 0 Å². The third-order valence-electron chi connectivity index (χ3n) is 2.94. The number of hydrogen-bond donors (Lipinski definition) is 2. The van der Waals surface area contributed by atoms with Crippen molar-refractivity contribution in [2.24, 2.45) is 5.73 Å². The summed E-state index contributed by atoms with van der Waals surface area (Å²) in [4.78, 5) is 0. The van der Waals surface area contributed by atoms with Crippen molar-refractivity contribution in [1.82, 2.24) is 4.72 Å². The molecule has 0 radical (unpaired) electrons. The smallest absolute Gasteiger partial charge is 0.212 e. The number of hydrogen-bond acceptors (Lipinski definition) is 3. The first kappa shape index (κ1) is 16.1. The molecule has 0 aliphatic rings. The maximum atomic E-state index is 12.1. The highest BCUT2D eigenvalue weighted by Gasteiger charge is 2.19. The second-order valence-electron chi connectivity index (χ2n) is 5.33. The minimum absolute atomic E-state index is 0.00996. The lowest BCUT2D eigenvalue weighted by Gasteiger charge is -2.18. The number of rotatable bonds is 7. The first-order valence-electron chi connectivity index (χ1n) is 6.60. The molecule has 3 unspecified atom stereocenters. The van der Waals surface area contributed by atoms with Crippen LogP contribution < -0.4 is 10.5 Å². The van der Waals surface area contributed by atoms with Crippen LogP contribution in [0.4, 0.5) is 0 Å². The Hall–Kier alpha value is -0.910. The van der Waals surface area contributed by atoms with Gasteiger partial charge in [-0.2, -0.15) is 0 Å². The molecule has 0 saturated carbocycles. The molecule has 0 fully saturated rings. The minimum Gasteiger partial charge on any atom is -0.328 e. The minimum atomic E-state index is -3.28. The van der Waals surface area contributed by atoms with Gasteiger partial charge < -0.3 is 5.73 Å². The molecule has 5 heteroatoms. The van der Waals surface area contributed by atoms with Crippen LogP contribution in [-0.4, -0.2) is 26.3 Å². The van der Waals surface area contributed by atoms with Crippen LogP contribution in [0.25, 0.3) is 0 Å². The standard InChI is InChI=1S/C14H24N2O2S/c1-11(14-7-5-4-6-8-14)10-19(17,18)16-13(3)9-12(2)15/h4-8,11-13,16H,9-10,15H2,1-3H3. The number of nitrogens with one attached hydrogen (secondary N) is 1. The summed E-state index contributed by atoms with van der Waals surface area (Å²) < 4.78 is 26.8. The molecule has 0 heterocycles. The van der Waals surface area contributed by atoms with Crippen LogP contribution in [0.2, 0.25) is 0 Å². The zero-order valence-electron chi connectivity index (χ0n) is 11.8. The zero-order valence-corrected chi connectivity index (χ0v) is 12.7. The molecule has 19 heavy (non-hydrogen) atoms. The lowest BCUT2D eigenvalue weighted by Crippen LogP contribution is -2.38. The van der Waals surface area contributed by atoms with Crippen molar-refractivity contribution in [3.8, 4) is 0 Å². The van der Waals surface area contributed by atoms with Crippen molar-refractivity contribution >= 4 is 10.0 Å². The predicted molar refractivity (Wildman–Crippen MR) is 79.5 cm³/mol. The van der Waals surface area contributed by atoms with Gasteiger partial charge >= 0.3 is 0 Å². The summed E-state index contributed by atoms with van der Waals surface area (Å²) in [6, 6.07) is 9.53. The molecule has 0 aromatic heterocycles. The number of nitrogens with two attached hydrogens (primary N) is 1. The van der Waals surface area contributed by atoms with Gasteiger partial charge in [-0.05, 0) is 31.7 Å². The third kappa shape index (κ3) is 6.18. The first-order valence-corrected chi connectivity index (χ1v) is 8.26. The molecular formula is C14H24N2O2S. The van der Waals surface area contributed by atoms with Crippen molar-refractivity contribution < 1.29 is 8.42 Å². The van der Waals surface area contributed by atoms with E-state index >= 15 is 0 Å². The highest BCUT2D eigenvalue weighted by molar-refractivity contribution is 7.89. The molecule has 3 atom stereocenters. The zero-order chi connectivity index (χ0) is 14.5. The monoisotopic (exact) mass is 284 g/mol. The van der Waals surface area contributed by atoms with Crippen molar-refractivity contribution in [3.63, 3.8) is 0 Å². The SMILES string of the molecule is CC(N)CC(C)NS(=O)(=O)CC(C)c1ccccc1. The number of benzene rings is 1. The van der Waals surface area contributed by atoms with Crippen LogP contribution >= 0.6 is 0 Å². The van der Waals surface area contributed by atoms with E-state index < -0.39 is 10.0 Å². The average molecular weight is 284 g/mol.